The van der Waals surface area contributed by atoms with E-state index in [0.29, 0.717) is 16.8 Å². The number of nitriles is 1. The molecule has 0 saturated carbocycles. The van der Waals surface area contributed by atoms with Gasteiger partial charge in [0, 0.05) is 11.3 Å². The zero-order chi connectivity index (χ0) is 22.2. The molecule has 1 heterocycles. The van der Waals surface area contributed by atoms with E-state index in [1.807, 2.05) is 48.5 Å². The van der Waals surface area contributed by atoms with Gasteiger partial charge in [-0.3, -0.25) is 4.79 Å². The van der Waals surface area contributed by atoms with Gasteiger partial charge in [0.15, 0.2) is 0 Å². The number of hydrogen-bond donors (Lipinski definition) is 2. The first-order chi connectivity index (χ1) is 14.8. The van der Waals surface area contributed by atoms with Gasteiger partial charge >= 0.3 is 0 Å². The Balaban J connectivity index is 2.01. The lowest BCUT2D eigenvalue weighted by Gasteiger charge is -2.12. The minimum absolute atomic E-state index is 0.0275. The summed E-state index contributed by atoms with van der Waals surface area (Å²) >= 11 is 0. The van der Waals surface area contributed by atoms with Gasteiger partial charge < -0.3 is 9.72 Å². The molecule has 0 bridgehead atoms. The van der Waals surface area contributed by atoms with Crippen molar-refractivity contribution in [1.82, 2.24) is 4.98 Å². The molecule has 0 amide bonds. The lowest BCUT2D eigenvalue weighted by atomic mass is 9.94. The maximum atomic E-state index is 12.7. The summed E-state index contributed by atoms with van der Waals surface area (Å²) in [5.74, 6) is 0.0940. The highest BCUT2D eigenvalue weighted by Gasteiger charge is 2.19. The number of H-pyrrole nitrogens is 1. The van der Waals surface area contributed by atoms with Crippen LogP contribution in [0.2, 0.25) is 0 Å². The molecular formula is C23H17N3O4S. The van der Waals surface area contributed by atoms with E-state index in [1.165, 1.54) is 19.2 Å². The molecule has 0 aliphatic rings. The van der Waals surface area contributed by atoms with Gasteiger partial charge in [0.25, 0.3) is 5.56 Å². The Morgan fingerprint density at radius 3 is 2.45 bits per heavy atom. The van der Waals surface area contributed by atoms with Gasteiger partial charge in [0.05, 0.1) is 7.11 Å². The number of fused-ring (bicyclic) bond motifs is 1. The summed E-state index contributed by atoms with van der Waals surface area (Å²) in [6.07, 6.45) is 0. The van der Waals surface area contributed by atoms with Crippen LogP contribution < -0.4 is 15.4 Å². The van der Waals surface area contributed by atoms with E-state index in [9.17, 15) is 18.5 Å². The number of sulfonamides is 1. The maximum Gasteiger partial charge on any atom is 0.266 e. The number of nitrogens with zero attached hydrogens (tertiary/aromatic N) is 1. The summed E-state index contributed by atoms with van der Waals surface area (Å²) in [7, 11) is -2.72. The van der Waals surface area contributed by atoms with E-state index in [0.717, 1.165) is 16.3 Å². The predicted octanol–water partition coefficient (Wildman–Crippen LogP) is 3.39. The summed E-state index contributed by atoms with van der Waals surface area (Å²) in [5.41, 5.74) is 1.33. The Hall–Kier alpha value is -3.93. The average molecular weight is 431 g/mol. The molecule has 0 unspecified atom stereocenters. The monoisotopic (exact) mass is 431 g/mol. The fourth-order valence-electron chi connectivity index (χ4n) is 3.57. The molecule has 8 heteroatoms. The van der Waals surface area contributed by atoms with E-state index < -0.39 is 15.6 Å². The molecule has 0 aliphatic heterocycles. The molecule has 0 radical (unpaired) electrons. The molecule has 0 spiro atoms. The van der Waals surface area contributed by atoms with Crippen LogP contribution in [0.25, 0.3) is 33.2 Å². The van der Waals surface area contributed by atoms with Crippen LogP contribution in [0.1, 0.15) is 5.56 Å². The van der Waals surface area contributed by atoms with Crippen LogP contribution in [0.3, 0.4) is 0 Å². The van der Waals surface area contributed by atoms with Gasteiger partial charge in [-0.1, -0.05) is 42.5 Å². The lowest BCUT2D eigenvalue weighted by molar-refractivity contribution is 0.403. The Morgan fingerprint density at radius 1 is 1.00 bits per heavy atom. The minimum atomic E-state index is -4.06. The maximum absolute atomic E-state index is 12.7. The Bertz CT molecular complexity index is 1530. The first-order valence-corrected chi connectivity index (χ1v) is 10.7. The number of pyridine rings is 1. The van der Waals surface area contributed by atoms with Gasteiger partial charge in [-0.2, -0.15) is 5.26 Å². The number of hydrogen-bond acceptors (Lipinski definition) is 5. The Labute approximate surface area is 178 Å². The zero-order valence-electron chi connectivity index (χ0n) is 16.4. The molecule has 0 saturated heterocycles. The Morgan fingerprint density at radius 2 is 1.74 bits per heavy atom. The molecule has 3 aromatic carbocycles. The van der Waals surface area contributed by atoms with Crippen LogP contribution in [0.15, 0.2) is 76.4 Å². The van der Waals surface area contributed by atoms with Crippen LogP contribution in [0, 0.1) is 11.3 Å². The van der Waals surface area contributed by atoms with E-state index in [2.05, 4.69) is 4.98 Å². The summed E-state index contributed by atoms with van der Waals surface area (Å²) in [6, 6.07) is 21.3. The third kappa shape index (κ3) is 3.68. The molecule has 0 atom stereocenters. The molecule has 3 N–H and O–H groups in total. The van der Waals surface area contributed by atoms with Gasteiger partial charge in [-0.15, -0.1) is 0 Å². The highest BCUT2D eigenvalue weighted by atomic mass is 32.2. The van der Waals surface area contributed by atoms with Crippen LogP contribution in [0.4, 0.5) is 0 Å². The zero-order valence-corrected chi connectivity index (χ0v) is 17.2. The number of ether oxygens (including phenoxy) is 1. The van der Waals surface area contributed by atoms with E-state index in [-0.39, 0.29) is 16.2 Å². The minimum Gasteiger partial charge on any atom is -0.495 e. The molecule has 7 nitrogen and oxygen atoms in total. The van der Waals surface area contributed by atoms with Crippen LogP contribution in [-0.2, 0) is 10.0 Å². The van der Waals surface area contributed by atoms with E-state index in [4.69, 9.17) is 9.88 Å². The van der Waals surface area contributed by atoms with Crippen molar-refractivity contribution in [1.29, 1.82) is 5.26 Å². The van der Waals surface area contributed by atoms with Crippen LogP contribution in [-0.4, -0.2) is 20.5 Å². The Kier molecular flexibility index (Phi) is 5.07. The fraction of sp³-hybridized carbons (Fsp3) is 0.0435. The second kappa shape index (κ2) is 7.72. The predicted molar refractivity (Wildman–Crippen MR) is 118 cm³/mol. The summed E-state index contributed by atoms with van der Waals surface area (Å²) in [5, 5.41) is 16.8. The SMILES string of the molecule is COc1ccc(-c2cc(-c3cccc4ccccc34)c(C#N)c(=O)[nH]2)cc1S(N)(=O)=O. The van der Waals surface area contributed by atoms with Crippen molar-refractivity contribution in [3.8, 4) is 34.2 Å². The fourth-order valence-corrected chi connectivity index (χ4v) is 4.29. The highest BCUT2D eigenvalue weighted by molar-refractivity contribution is 7.89. The highest BCUT2D eigenvalue weighted by Crippen LogP contribution is 2.33. The third-order valence-corrected chi connectivity index (χ3v) is 5.94. The van der Waals surface area contributed by atoms with Crippen molar-refractivity contribution in [2.24, 2.45) is 5.14 Å². The molecule has 4 rings (SSSR count). The van der Waals surface area contributed by atoms with Crippen LogP contribution >= 0.6 is 0 Å². The third-order valence-electron chi connectivity index (χ3n) is 5.01. The largest absolute Gasteiger partial charge is 0.495 e. The van der Waals surface area contributed by atoms with Crippen molar-refractivity contribution in [3.05, 3.63) is 82.6 Å². The van der Waals surface area contributed by atoms with Gasteiger partial charge in [0.1, 0.15) is 22.3 Å². The number of rotatable bonds is 4. The molecule has 154 valence electrons. The first-order valence-electron chi connectivity index (χ1n) is 9.20. The average Bonchev–Trinajstić information content (AvgIpc) is 2.77. The number of benzene rings is 3. The molecule has 0 fully saturated rings. The van der Waals surface area contributed by atoms with Crippen molar-refractivity contribution >= 4 is 20.8 Å². The van der Waals surface area contributed by atoms with E-state index in [1.54, 1.807) is 12.1 Å². The van der Waals surface area contributed by atoms with Crippen molar-refractivity contribution < 1.29 is 13.2 Å². The summed E-state index contributed by atoms with van der Waals surface area (Å²) < 4.78 is 29.1. The van der Waals surface area contributed by atoms with Gasteiger partial charge in [-0.05, 0) is 46.2 Å². The number of methoxy groups -OCH3 is 1. The van der Waals surface area contributed by atoms with Gasteiger partial charge in [0.2, 0.25) is 10.0 Å². The second-order valence-electron chi connectivity index (χ2n) is 6.85. The van der Waals surface area contributed by atoms with Crippen molar-refractivity contribution in [2.45, 2.75) is 4.90 Å². The molecule has 0 aliphatic carbocycles. The second-order valence-corrected chi connectivity index (χ2v) is 8.38. The van der Waals surface area contributed by atoms with Gasteiger partial charge in [-0.25, -0.2) is 13.6 Å². The number of nitrogens with two attached hydrogens (primary N) is 1. The number of primary sulfonamides is 1. The number of aromatic amines is 1. The van der Waals surface area contributed by atoms with Crippen molar-refractivity contribution in [2.75, 3.05) is 7.11 Å². The van der Waals surface area contributed by atoms with E-state index >= 15 is 0 Å². The molecule has 1 aromatic heterocycles. The number of aromatic nitrogens is 1. The summed E-state index contributed by atoms with van der Waals surface area (Å²) in [4.78, 5) is 15.2. The normalized spacial score (nSPS) is 11.3. The molecule has 31 heavy (non-hydrogen) atoms. The lowest BCUT2D eigenvalue weighted by Crippen LogP contribution is -2.15. The van der Waals surface area contributed by atoms with Crippen LogP contribution in [0.5, 0.6) is 5.75 Å². The summed E-state index contributed by atoms with van der Waals surface area (Å²) in [6.45, 7) is 0. The first kappa shape index (κ1) is 20.3. The smallest absolute Gasteiger partial charge is 0.266 e. The molecule has 4 aromatic rings. The topological polar surface area (TPSA) is 126 Å². The number of nitrogens with one attached hydrogen (secondary N) is 1. The standard InChI is InChI=1S/C23H17N3O4S/c1-30-21-10-9-15(11-22(21)31(25,28)29)20-12-18(19(13-24)23(27)26-20)17-8-4-6-14-5-2-3-7-16(14)17/h2-12H,1H3,(H,26,27)(H2,25,28,29). The van der Waals surface area contributed by atoms with Crippen molar-refractivity contribution in [3.63, 3.8) is 0 Å². The molecular weight excluding hydrogens is 414 g/mol. The quantitative estimate of drug-likeness (QED) is 0.512.